The third-order valence-corrected chi connectivity index (χ3v) is 2.82. The van der Waals surface area contributed by atoms with Gasteiger partial charge in [-0.15, -0.1) is 0 Å². The van der Waals surface area contributed by atoms with Crippen LogP contribution in [0, 0.1) is 0 Å². The number of furan rings is 1. The minimum atomic E-state index is -0.246. The number of aliphatic hydroxyl groups is 1. The highest BCUT2D eigenvalue weighted by Crippen LogP contribution is 2.15. The molecule has 98 valence electrons. The molecule has 1 heterocycles. The molecule has 1 aromatic carbocycles. The predicted octanol–water partition coefficient (Wildman–Crippen LogP) is 3.19. The van der Waals surface area contributed by atoms with Crippen molar-refractivity contribution in [1.82, 2.24) is 0 Å². The number of aliphatic hydroxyl groups excluding tert-OH is 1. The highest BCUT2D eigenvalue weighted by Gasteiger charge is 1.99. The van der Waals surface area contributed by atoms with Crippen molar-refractivity contribution in [3.63, 3.8) is 0 Å². The lowest BCUT2D eigenvalue weighted by Gasteiger charge is -2.02. The van der Waals surface area contributed by atoms with Crippen molar-refractivity contribution in [2.24, 2.45) is 0 Å². The summed E-state index contributed by atoms with van der Waals surface area (Å²) in [7, 11) is 0. The number of rotatable bonds is 4. The maximum Gasteiger partial charge on any atom is 0.248 e. The van der Waals surface area contributed by atoms with Gasteiger partial charge in [0.2, 0.25) is 5.91 Å². The molecule has 0 aliphatic carbocycles. The van der Waals surface area contributed by atoms with Crippen LogP contribution in [0.4, 0.5) is 5.69 Å². The number of benzene rings is 1. The second kappa shape index (κ2) is 6.36. The van der Waals surface area contributed by atoms with E-state index >= 15 is 0 Å². The van der Waals surface area contributed by atoms with Crippen molar-refractivity contribution in [3.8, 4) is 0 Å². The first-order chi connectivity index (χ1) is 9.17. The molecule has 0 aliphatic heterocycles. The third kappa shape index (κ3) is 4.08. The Hall–Kier alpha value is -1.85. The highest BCUT2D eigenvalue weighted by atomic mass is 79.9. The normalized spacial score (nSPS) is 10.8. The number of halogens is 1. The number of carbonyl (C=O) groups is 1. The van der Waals surface area contributed by atoms with Crippen LogP contribution in [0.25, 0.3) is 6.08 Å². The Morgan fingerprint density at radius 3 is 2.58 bits per heavy atom. The third-order valence-electron chi connectivity index (χ3n) is 2.40. The summed E-state index contributed by atoms with van der Waals surface area (Å²) in [5.74, 6) is 0.349. The molecule has 2 aromatic rings. The molecule has 0 radical (unpaired) electrons. The molecule has 4 nitrogen and oxygen atoms in total. The van der Waals surface area contributed by atoms with Gasteiger partial charge in [0.1, 0.15) is 5.76 Å². The van der Waals surface area contributed by atoms with Crippen LogP contribution in [0.1, 0.15) is 11.3 Å². The molecule has 0 aliphatic rings. The van der Waals surface area contributed by atoms with Gasteiger partial charge >= 0.3 is 0 Å². The van der Waals surface area contributed by atoms with E-state index in [1.807, 2.05) is 0 Å². The fourth-order valence-electron chi connectivity index (χ4n) is 1.45. The molecule has 0 bridgehead atoms. The Morgan fingerprint density at radius 2 is 2.00 bits per heavy atom. The molecule has 0 saturated carbocycles. The summed E-state index contributed by atoms with van der Waals surface area (Å²) in [4.78, 5) is 11.6. The Morgan fingerprint density at radius 1 is 1.26 bits per heavy atom. The number of carbonyl (C=O) groups excluding carboxylic acids is 1. The number of hydrogen-bond acceptors (Lipinski definition) is 3. The first-order valence-electron chi connectivity index (χ1n) is 5.61. The summed E-state index contributed by atoms with van der Waals surface area (Å²) < 4.78 is 5.85. The minimum Gasteiger partial charge on any atom is -0.450 e. The largest absolute Gasteiger partial charge is 0.450 e. The molecule has 1 aromatic heterocycles. The van der Waals surface area contributed by atoms with Crippen molar-refractivity contribution in [2.75, 3.05) is 5.32 Å². The van der Waals surface area contributed by atoms with Crippen molar-refractivity contribution in [3.05, 3.63) is 58.5 Å². The molecule has 5 heteroatoms. The maximum absolute atomic E-state index is 11.6. The molecular formula is C14H12BrNO3. The molecule has 0 fully saturated rings. The molecule has 0 saturated heterocycles. The summed E-state index contributed by atoms with van der Waals surface area (Å²) in [6, 6.07) is 10.5. The molecule has 1 amide bonds. The number of anilines is 1. The second-order valence-corrected chi connectivity index (χ2v) is 4.60. The van der Waals surface area contributed by atoms with E-state index < -0.39 is 0 Å². The Balaban J connectivity index is 1.95. The molecule has 19 heavy (non-hydrogen) atoms. The second-order valence-electron chi connectivity index (χ2n) is 3.82. The fourth-order valence-corrected chi connectivity index (χ4v) is 1.77. The van der Waals surface area contributed by atoms with Gasteiger partial charge in [0.25, 0.3) is 0 Å². The fraction of sp³-hybridized carbons (Fsp3) is 0.0714. The van der Waals surface area contributed by atoms with E-state index in [4.69, 9.17) is 9.52 Å². The van der Waals surface area contributed by atoms with Crippen LogP contribution in [0.5, 0.6) is 0 Å². The summed E-state index contributed by atoms with van der Waals surface area (Å²) >= 11 is 3.18. The summed E-state index contributed by atoms with van der Waals surface area (Å²) in [5, 5.41) is 11.6. The van der Waals surface area contributed by atoms with Crippen molar-refractivity contribution < 1.29 is 14.3 Å². The Labute approximate surface area is 118 Å². The predicted molar refractivity (Wildman–Crippen MR) is 76.4 cm³/mol. The maximum atomic E-state index is 11.6. The zero-order valence-electron chi connectivity index (χ0n) is 9.97. The van der Waals surface area contributed by atoms with Crippen LogP contribution in [-0.2, 0) is 11.4 Å². The Kier molecular flexibility index (Phi) is 4.54. The summed E-state index contributed by atoms with van der Waals surface area (Å²) in [6.07, 6.45) is 2.98. The smallest absolute Gasteiger partial charge is 0.248 e. The first-order valence-corrected chi connectivity index (χ1v) is 6.41. The van der Waals surface area contributed by atoms with E-state index in [0.717, 1.165) is 5.56 Å². The molecule has 2 N–H and O–H groups in total. The zero-order valence-corrected chi connectivity index (χ0v) is 11.6. The van der Waals surface area contributed by atoms with Gasteiger partial charge in [0, 0.05) is 11.8 Å². The van der Waals surface area contributed by atoms with Crippen LogP contribution < -0.4 is 5.32 Å². The summed E-state index contributed by atoms with van der Waals surface area (Å²) in [5.41, 5.74) is 1.47. The van der Waals surface area contributed by atoms with Gasteiger partial charge < -0.3 is 14.8 Å². The van der Waals surface area contributed by atoms with E-state index in [2.05, 4.69) is 21.2 Å². The van der Waals surface area contributed by atoms with Crippen LogP contribution in [0.2, 0.25) is 0 Å². The van der Waals surface area contributed by atoms with Crippen LogP contribution in [0.3, 0.4) is 0 Å². The standard InChI is InChI=1S/C14H12BrNO3/c15-13-7-5-12(19-13)6-8-14(18)16-11-3-1-10(9-17)2-4-11/h1-8,17H,9H2,(H,16,18). The zero-order chi connectivity index (χ0) is 13.7. The van der Waals surface area contributed by atoms with Crippen LogP contribution in [-0.4, -0.2) is 11.0 Å². The van der Waals surface area contributed by atoms with E-state index in [1.165, 1.54) is 6.08 Å². The lowest BCUT2D eigenvalue weighted by Crippen LogP contribution is -2.07. The number of hydrogen-bond donors (Lipinski definition) is 2. The quantitative estimate of drug-likeness (QED) is 0.850. The van der Waals surface area contributed by atoms with Gasteiger partial charge in [-0.2, -0.15) is 0 Å². The molecule has 0 atom stereocenters. The van der Waals surface area contributed by atoms with Gasteiger partial charge in [-0.25, -0.2) is 0 Å². The molecule has 0 unspecified atom stereocenters. The van der Waals surface area contributed by atoms with Crippen LogP contribution >= 0.6 is 15.9 Å². The highest BCUT2D eigenvalue weighted by molar-refractivity contribution is 9.10. The van der Waals surface area contributed by atoms with E-state index in [1.54, 1.807) is 42.5 Å². The number of nitrogens with one attached hydrogen (secondary N) is 1. The van der Waals surface area contributed by atoms with Gasteiger partial charge in [0.05, 0.1) is 6.61 Å². The van der Waals surface area contributed by atoms with Crippen molar-refractivity contribution in [1.29, 1.82) is 0 Å². The van der Waals surface area contributed by atoms with Crippen LogP contribution in [0.15, 0.2) is 51.6 Å². The van der Waals surface area contributed by atoms with Crippen molar-refractivity contribution in [2.45, 2.75) is 6.61 Å². The molecular weight excluding hydrogens is 310 g/mol. The van der Waals surface area contributed by atoms with Gasteiger partial charge in [0.15, 0.2) is 4.67 Å². The van der Waals surface area contributed by atoms with E-state index in [9.17, 15) is 4.79 Å². The molecule has 2 rings (SSSR count). The topological polar surface area (TPSA) is 62.5 Å². The number of amides is 1. The average molecular weight is 322 g/mol. The average Bonchev–Trinajstić information content (AvgIpc) is 2.83. The lowest BCUT2D eigenvalue weighted by molar-refractivity contribution is -0.111. The Bertz CT molecular complexity index is 587. The molecule has 0 spiro atoms. The first kappa shape index (κ1) is 13.6. The monoisotopic (exact) mass is 321 g/mol. The van der Waals surface area contributed by atoms with E-state index in [-0.39, 0.29) is 12.5 Å². The van der Waals surface area contributed by atoms with Gasteiger partial charge in [-0.1, -0.05) is 12.1 Å². The van der Waals surface area contributed by atoms with E-state index in [0.29, 0.717) is 16.1 Å². The SMILES string of the molecule is O=C(C=Cc1ccc(Br)o1)Nc1ccc(CO)cc1. The van der Waals surface area contributed by atoms with Gasteiger partial charge in [-0.05, 0) is 51.8 Å². The summed E-state index contributed by atoms with van der Waals surface area (Å²) in [6.45, 7) is -0.0124. The lowest BCUT2D eigenvalue weighted by atomic mass is 10.2. The van der Waals surface area contributed by atoms with Crippen molar-refractivity contribution >= 4 is 33.6 Å². The van der Waals surface area contributed by atoms with Gasteiger partial charge in [-0.3, -0.25) is 4.79 Å². The minimum absolute atomic E-state index is 0.0124.